The van der Waals surface area contributed by atoms with Crippen LogP contribution in [0.4, 0.5) is 0 Å². The SMILES string of the molecule is CCNC(=NCc1ccccn1)NCC(O)c1ccc(Cl)s1.I. The van der Waals surface area contributed by atoms with Gasteiger partial charge in [-0.2, -0.15) is 0 Å². The number of rotatable bonds is 6. The van der Waals surface area contributed by atoms with Crippen LogP contribution in [0.2, 0.25) is 4.34 Å². The van der Waals surface area contributed by atoms with Gasteiger partial charge in [-0.3, -0.25) is 4.98 Å². The highest BCUT2D eigenvalue weighted by atomic mass is 127. The van der Waals surface area contributed by atoms with E-state index in [0.29, 0.717) is 23.4 Å². The number of aliphatic hydroxyl groups excluding tert-OH is 1. The average molecular weight is 467 g/mol. The Kier molecular flexibility index (Phi) is 9.46. The van der Waals surface area contributed by atoms with Gasteiger partial charge in [0, 0.05) is 24.2 Å². The van der Waals surface area contributed by atoms with Gasteiger partial charge in [0.2, 0.25) is 0 Å². The first kappa shape index (κ1) is 20.1. The lowest BCUT2D eigenvalue weighted by molar-refractivity contribution is 0.184. The fourth-order valence-corrected chi connectivity index (χ4v) is 2.84. The Morgan fingerprint density at radius 1 is 1.35 bits per heavy atom. The van der Waals surface area contributed by atoms with Crippen molar-refractivity contribution in [1.82, 2.24) is 15.6 Å². The van der Waals surface area contributed by atoms with Crippen LogP contribution in [0, 0.1) is 0 Å². The normalized spacial score (nSPS) is 12.4. The Morgan fingerprint density at radius 3 is 2.78 bits per heavy atom. The minimum absolute atomic E-state index is 0. The van der Waals surface area contributed by atoms with Gasteiger partial charge < -0.3 is 15.7 Å². The second kappa shape index (κ2) is 10.8. The molecule has 23 heavy (non-hydrogen) atoms. The van der Waals surface area contributed by atoms with Crippen LogP contribution in [0.15, 0.2) is 41.5 Å². The standard InChI is InChI=1S/C15H19ClN4OS.HI/c1-2-17-15(19-9-11-5-3-4-8-18-11)20-10-12(21)13-6-7-14(16)22-13;/h3-8,12,21H,2,9-10H2,1H3,(H2,17,19,20);1H. The van der Waals surface area contributed by atoms with Crippen molar-refractivity contribution < 1.29 is 5.11 Å². The highest BCUT2D eigenvalue weighted by Crippen LogP contribution is 2.26. The third-order valence-electron chi connectivity index (χ3n) is 2.85. The smallest absolute Gasteiger partial charge is 0.191 e. The molecule has 0 aromatic carbocycles. The summed E-state index contributed by atoms with van der Waals surface area (Å²) in [6.45, 7) is 3.59. The number of aliphatic hydroxyl groups is 1. The van der Waals surface area contributed by atoms with Gasteiger partial charge in [-0.15, -0.1) is 35.3 Å². The van der Waals surface area contributed by atoms with Crippen LogP contribution in [0.3, 0.4) is 0 Å². The summed E-state index contributed by atoms with van der Waals surface area (Å²) in [4.78, 5) is 9.52. The van der Waals surface area contributed by atoms with Gasteiger partial charge in [-0.05, 0) is 31.2 Å². The molecule has 0 radical (unpaired) electrons. The zero-order chi connectivity index (χ0) is 15.8. The van der Waals surface area contributed by atoms with E-state index in [4.69, 9.17) is 11.6 Å². The third kappa shape index (κ3) is 7.03. The van der Waals surface area contributed by atoms with Gasteiger partial charge in [-0.25, -0.2) is 4.99 Å². The second-order valence-electron chi connectivity index (χ2n) is 4.55. The molecule has 126 valence electrons. The molecule has 3 N–H and O–H groups in total. The van der Waals surface area contributed by atoms with Crippen molar-refractivity contribution in [3.63, 3.8) is 0 Å². The van der Waals surface area contributed by atoms with Crippen molar-refractivity contribution in [3.8, 4) is 0 Å². The Morgan fingerprint density at radius 2 is 2.17 bits per heavy atom. The molecule has 5 nitrogen and oxygen atoms in total. The van der Waals surface area contributed by atoms with E-state index in [0.717, 1.165) is 17.1 Å². The van der Waals surface area contributed by atoms with Crippen molar-refractivity contribution in [2.45, 2.75) is 19.6 Å². The first-order valence-electron chi connectivity index (χ1n) is 7.04. The van der Waals surface area contributed by atoms with Crippen molar-refractivity contribution >= 4 is 52.9 Å². The van der Waals surface area contributed by atoms with Crippen molar-refractivity contribution in [2.24, 2.45) is 4.99 Å². The Hall–Kier alpha value is -0.900. The van der Waals surface area contributed by atoms with E-state index in [9.17, 15) is 5.11 Å². The van der Waals surface area contributed by atoms with Gasteiger partial charge >= 0.3 is 0 Å². The summed E-state index contributed by atoms with van der Waals surface area (Å²) in [5, 5.41) is 16.4. The maximum absolute atomic E-state index is 10.1. The van der Waals surface area contributed by atoms with Crippen LogP contribution < -0.4 is 10.6 Å². The van der Waals surface area contributed by atoms with Crippen LogP contribution in [0.1, 0.15) is 23.6 Å². The van der Waals surface area contributed by atoms with E-state index in [2.05, 4.69) is 20.6 Å². The molecule has 1 atom stereocenters. The van der Waals surface area contributed by atoms with E-state index in [1.165, 1.54) is 11.3 Å². The number of hydrogen-bond donors (Lipinski definition) is 3. The maximum Gasteiger partial charge on any atom is 0.191 e. The van der Waals surface area contributed by atoms with E-state index >= 15 is 0 Å². The number of thiophene rings is 1. The first-order valence-corrected chi connectivity index (χ1v) is 8.24. The highest BCUT2D eigenvalue weighted by Gasteiger charge is 2.10. The molecule has 0 bridgehead atoms. The summed E-state index contributed by atoms with van der Waals surface area (Å²) in [7, 11) is 0. The van der Waals surface area contributed by atoms with Gasteiger partial charge in [0.05, 0.1) is 16.6 Å². The number of hydrogen-bond acceptors (Lipinski definition) is 4. The molecule has 0 fully saturated rings. The molecule has 0 spiro atoms. The zero-order valence-corrected chi connectivity index (χ0v) is 16.6. The van der Waals surface area contributed by atoms with Crippen molar-refractivity contribution in [3.05, 3.63) is 51.4 Å². The van der Waals surface area contributed by atoms with Crippen molar-refractivity contribution in [1.29, 1.82) is 0 Å². The Balaban J connectivity index is 0.00000264. The molecule has 0 aliphatic carbocycles. The van der Waals surface area contributed by atoms with Gasteiger partial charge in [0.25, 0.3) is 0 Å². The Labute approximate surface area is 162 Å². The average Bonchev–Trinajstić information content (AvgIpc) is 2.97. The van der Waals surface area contributed by atoms with Crippen LogP contribution in [0.25, 0.3) is 0 Å². The van der Waals surface area contributed by atoms with Crippen LogP contribution >= 0.6 is 46.9 Å². The molecular formula is C15H20ClIN4OS. The quantitative estimate of drug-likeness (QED) is 0.347. The molecule has 0 aliphatic rings. The van der Waals surface area contributed by atoms with E-state index in [1.807, 2.05) is 31.2 Å². The summed E-state index contributed by atoms with van der Waals surface area (Å²) in [6.07, 6.45) is 1.13. The summed E-state index contributed by atoms with van der Waals surface area (Å²) >= 11 is 7.25. The van der Waals surface area contributed by atoms with Gasteiger partial charge in [-0.1, -0.05) is 17.7 Å². The number of nitrogens with one attached hydrogen (secondary N) is 2. The summed E-state index contributed by atoms with van der Waals surface area (Å²) in [5.41, 5.74) is 0.894. The molecule has 2 aromatic heterocycles. The fourth-order valence-electron chi connectivity index (χ4n) is 1.79. The predicted octanol–water partition coefficient (Wildman–Crippen LogP) is 3.20. The molecule has 0 aliphatic heterocycles. The monoisotopic (exact) mass is 466 g/mol. The van der Waals surface area contributed by atoms with E-state index in [1.54, 1.807) is 12.3 Å². The largest absolute Gasteiger partial charge is 0.386 e. The molecule has 0 saturated carbocycles. The third-order valence-corrected chi connectivity index (χ3v) is 4.19. The summed E-state index contributed by atoms with van der Waals surface area (Å²) in [5.74, 6) is 0.648. The molecule has 8 heteroatoms. The predicted molar refractivity (Wildman–Crippen MR) is 107 cm³/mol. The fraction of sp³-hybridized carbons (Fsp3) is 0.333. The number of aliphatic imine (C=N–C) groups is 1. The lowest BCUT2D eigenvalue weighted by atomic mass is 10.3. The van der Waals surface area contributed by atoms with E-state index in [-0.39, 0.29) is 24.0 Å². The van der Waals surface area contributed by atoms with Crippen LogP contribution in [0.5, 0.6) is 0 Å². The molecule has 2 aromatic rings. The number of guanidine groups is 1. The van der Waals surface area contributed by atoms with Crippen LogP contribution in [-0.4, -0.2) is 29.1 Å². The molecule has 2 heterocycles. The molecule has 2 rings (SSSR count). The zero-order valence-electron chi connectivity index (χ0n) is 12.7. The summed E-state index contributed by atoms with van der Waals surface area (Å²) < 4.78 is 0.671. The number of aromatic nitrogens is 1. The highest BCUT2D eigenvalue weighted by molar-refractivity contribution is 14.0. The van der Waals surface area contributed by atoms with Gasteiger partial charge in [0.1, 0.15) is 6.10 Å². The number of pyridine rings is 1. The summed E-state index contributed by atoms with van der Waals surface area (Å²) in [6, 6.07) is 9.35. The molecule has 1 unspecified atom stereocenters. The number of nitrogens with zero attached hydrogens (tertiary/aromatic N) is 2. The maximum atomic E-state index is 10.1. The molecular weight excluding hydrogens is 447 g/mol. The van der Waals surface area contributed by atoms with Gasteiger partial charge in [0.15, 0.2) is 5.96 Å². The number of halogens is 2. The second-order valence-corrected chi connectivity index (χ2v) is 6.30. The molecule has 0 amide bonds. The Bertz CT molecular complexity index is 609. The van der Waals surface area contributed by atoms with E-state index < -0.39 is 6.10 Å². The van der Waals surface area contributed by atoms with Crippen molar-refractivity contribution in [2.75, 3.05) is 13.1 Å². The first-order chi connectivity index (χ1) is 10.7. The molecule has 0 saturated heterocycles. The minimum Gasteiger partial charge on any atom is -0.386 e. The van der Waals surface area contributed by atoms with Crippen LogP contribution in [-0.2, 0) is 6.54 Å². The lowest BCUT2D eigenvalue weighted by Crippen LogP contribution is -2.39. The topological polar surface area (TPSA) is 69.5 Å². The minimum atomic E-state index is -0.615. The lowest BCUT2D eigenvalue weighted by Gasteiger charge is -2.14.